The average Bonchev–Trinajstić information content (AvgIpc) is 2.66. The van der Waals surface area contributed by atoms with E-state index in [9.17, 15) is 13.2 Å². The Balaban J connectivity index is 1.59. The number of amides is 1. The molecule has 2 N–H and O–H groups in total. The minimum absolute atomic E-state index is 0.0767. The third kappa shape index (κ3) is 4.28. The third-order valence-electron chi connectivity index (χ3n) is 4.17. The lowest BCUT2D eigenvalue weighted by Crippen LogP contribution is -2.24. The normalized spacial score (nSPS) is 11.4. The molecule has 0 aliphatic carbocycles. The molecule has 0 radical (unpaired) electrons. The van der Waals surface area contributed by atoms with Crippen molar-refractivity contribution in [1.29, 1.82) is 0 Å². The van der Waals surface area contributed by atoms with Crippen LogP contribution in [0.2, 0.25) is 0 Å². The van der Waals surface area contributed by atoms with Gasteiger partial charge in [-0.25, -0.2) is 13.1 Å². The first kappa shape index (κ1) is 18.1. The standard InChI is InChI=1S/C20H20N2O3S/c1-21-26(24,25)19-10-7-15(8-11-19)14-22-20(23)13-16-6-9-17-4-2-3-5-18(17)12-16/h2-12,21H,13-14H2,1H3,(H,22,23). The fraction of sp³-hybridized carbons (Fsp3) is 0.150. The zero-order chi connectivity index (χ0) is 18.6. The summed E-state index contributed by atoms with van der Waals surface area (Å²) in [6.45, 7) is 0.353. The van der Waals surface area contributed by atoms with Crippen molar-refractivity contribution in [3.05, 3.63) is 77.9 Å². The van der Waals surface area contributed by atoms with Gasteiger partial charge >= 0.3 is 0 Å². The van der Waals surface area contributed by atoms with Gasteiger partial charge in [0, 0.05) is 6.54 Å². The fourth-order valence-corrected chi connectivity index (χ4v) is 3.43. The van der Waals surface area contributed by atoms with Crippen LogP contribution in [0.3, 0.4) is 0 Å². The van der Waals surface area contributed by atoms with E-state index in [0.29, 0.717) is 13.0 Å². The van der Waals surface area contributed by atoms with Gasteiger partial charge in [-0.2, -0.15) is 0 Å². The lowest BCUT2D eigenvalue weighted by atomic mass is 10.0. The van der Waals surface area contributed by atoms with Gasteiger partial charge in [0.25, 0.3) is 0 Å². The highest BCUT2D eigenvalue weighted by Crippen LogP contribution is 2.16. The van der Waals surface area contributed by atoms with Crippen LogP contribution in [0, 0.1) is 0 Å². The summed E-state index contributed by atoms with van der Waals surface area (Å²) in [4.78, 5) is 12.4. The minimum atomic E-state index is -3.44. The molecule has 0 spiro atoms. The van der Waals surface area contributed by atoms with Crippen LogP contribution in [0.15, 0.2) is 71.6 Å². The summed E-state index contributed by atoms with van der Waals surface area (Å²) in [7, 11) is -2.07. The number of carbonyl (C=O) groups is 1. The highest BCUT2D eigenvalue weighted by atomic mass is 32.2. The molecule has 5 nitrogen and oxygen atoms in total. The maximum Gasteiger partial charge on any atom is 0.240 e. The van der Waals surface area contributed by atoms with Gasteiger partial charge in [-0.05, 0) is 41.1 Å². The summed E-state index contributed by atoms with van der Waals surface area (Å²) in [5.74, 6) is -0.0767. The summed E-state index contributed by atoms with van der Waals surface area (Å²) in [5.41, 5.74) is 1.79. The Morgan fingerprint density at radius 1 is 0.885 bits per heavy atom. The van der Waals surface area contributed by atoms with Crippen LogP contribution < -0.4 is 10.0 Å². The van der Waals surface area contributed by atoms with E-state index in [1.165, 1.54) is 19.2 Å². The van der Waals surface area contributed by atoms with Crippen LogP contribution in [0.4, 0.5) is 0 Å². The van der Waals surface area contributed by atoms with Crippen LogP contribution >= 0.6 is 0 Å². The molecule has 0 atom stereocenters. The molecule has 0 fully saturated rings. The van der Waals surface area contributed by atoms with Gasteiger partial charge in [0.2, 0.25) is 15.9 Å². The third-order valence-corrected chi connectivity index (χ3v) is 5.60. The number of sulfonamides is 1. The maximum absolute atomic E-state index is 12.2. The number of fused-ring (bicyclic) bond motifs is 1. The second-order valence-corrected chi connectivity index (χ2v) is 7.87. The summed E-state index contributed by atoms with van der Waals surface area (Å²) in [6.07, 6.45) is 0.303. The molecule has 3 aromatic carbocycles. The predicted octanol–water partition coefficient (Wildman–Crippen LogP) is 2.61. The molecule has 0 aliphatic rings. The Morgan fingerprint density at radius 2 is 1.54 bits per heavy atom. The SMILES string of the molecule is CNS(=O)(=O)c1ccc(CNC(=O)Cc2ccc3ccccc3c2)cc1. The fourth-order valence-electron chi connectivity index (χ4n) is 2.70. The van der Waals surface area contributed by atoms with Crippen molar-refractivity contribution in [2.24, 2.45) is 0 Å². The molecular formula is C20H20N2O3S. The molecule has 0 aliphatic heterocycles. The Kier molecular flexibility index (Phi) is 5.35. The van der Waals surface area contributed by atoms with Crippen molar-refractivity contribution >= 4 is 26.7 Å². The molecule has 0 bridgehead atoms. The number of benzene rings is 3. The van der Waals surface area contributed by atoms with E-state index in [2.05, 4.69) is 10.0 Å². The van der Waals surface area contributed by atoms with E-state index >= 15 is 0 Å². The smallest absolute Gasteiger partial charge is 0.240 e. The van der Waals surface area contributed by atoms with Gasteiger partial charge in [0.15, 0.2) is 0 Å². The van der Waals surface area contributed by atoms with Gasteiger partial charge in [-0.15, -0.1) is 0 Å². The van der Waals surface area contributed by atoms with Gasteiger partial charge < -0.3 is 5.32 Å². The highest BCUT2D eigenvalue weighted by molar-refractivity contribution is 7.89. The summed E-state index contributed by atoms with van der Waals surface area (Å²) in [6, 6.07) is 20.5. The predicted molar refractivity (Wildman–Crippen MR) is 102 cm³/mol. The van der Waals surface area contributed by atoms with Gasteiger partial charge in [-0.1, -0.05) is 54.6 Å². The second kappa shape index (κ2) is 7.68. The molecule has 0 heterocycles. The Morgan fingerprint density at radius 3 is 2.23 bits per heavy atom. The molecule has 6 heteroatoms. The first-order valence-corrected chi connectivity index (χ1v) is 9.73. The molecule has 0 unspecified atom stereocenters. The first-order chi connectivity index (χ1) is 12.5. The molecule has 0 saturated carbocycles. The van der Waals surface area contributed by atoms with E-state index in [-0.39, 0.29) is 10.8 Å². The van der Waals surface area contributed by atoms with Gasteiger partial charge in [-0.3, -0.25) is 4.79 Å². The largest absolute Gasteiger partial charge is 0.352 e. The van der Waals surface area contributed by atoms with Gasteiger partial charge in [0.05, 0.1) is 11.3 Å². The van der Waals surface area contributed by atoms with E-state index in [4.69, 9.17) is 0 Å². The molecule has 0 saturated heterocycles. The van der Waals surface area contributed by atoms with Crippen molar-refractivity contribution in [2.75, 3.05) is 7.05 Å². The van der Waals surface area contributed by atoms with Crippen molar-refractivity contribution < 1.29 is 13.2 Å². The zero-order valence-electron chi connectivity index (χ0n) is 14.4. The summed E-state index contributed by atoms with van der Waals surface area (Å²) < 4.78 is 25.7. The Labute approximate surface area is 153 Å². The number of carbonyl (C=O) groups excluding carboxylic acids is 1. The molecule has 3 rings (SSSR count). The molecule has 26 heavy (non-hydrogen) atoms. The lowest BCUT2D eigenvalue weighted by molar-refractivity contribution is -0.120. The number of hydrogen-bond acceptors (Lipinski definition) is 3. The quantitative estimate of drug-likeness (QED) is 0.702. The van der Waals surface area contributed by atoms with Crippen LogP contribution in [0.1, 0.15) is 11.1 Å². The van der Waals surface area contributed by atoms with Crippen LogP contribution in [-0.2, 0) is 27.8 Å². The van der Waals surface area contributed by atoms with Crippen LogP contribution in [0.5, 0.6) is 0 Å². The van der Waals surface area contributed by atoms with Crippen molar-refractivity contribution in [3.8, 4) is 0 Å². The highest BCUT2D eigenvalue weighted by Gasteiger charge is 2.10. The summed E-state index contributed by atoms with van der Waals surface area (Å²) >= 11 is 0. The molecule has 3 aromatic rings. The van der Waals surface area contributed by atoms with Crippen LogP contribution in [0.25, 0.3) is 10.8 Å². The Hall–Kier alpha value is -2.70. The monoisotopic (exact) mass is 368 g/mol. The van der Waals surface area contributed by atoms with E-state index in [1.54, 1.807) is 12.1 Å². The second-order valence-electron chi connectivity index (χ2n) is 5.99. The number of hydrogen-bond donors (Lipinski definition) is 2. The average molecular weight is 368 g/mol. The molecule has 0 aromatic heterocycles. The number of nitrogens with one attached hydrogen (secondary N) is 2. The van der Waals surface area contributed by atoms with Crippen molar-refractivity contribution in [3.63, 3.8) is 0 Å². The molecular weight excluding hydrogens is 348 g/mol. The van der Waals surface area contributed by atoms with Crippen molar-refractivity contribution in [1.82, 2.24) is 10.0 Å². The van der Waals surface area contributed by atoms with Crippen molar-refractivity contribution in [2.45, 2.75) is 17.9 Å². The molecule has 1 amide bonds. The molecule has 134 valence electrons. The Bertz CT molecular complexity index is 1030. The van der Waals surface area contributed by atoms with Crippen LogP contribution in [-0.4, -0.2) is 21.4 Å². The maximum atomic E-state index is 12.2. The topological polar surface area (TPSA) is 75.3 Å². The van der Waals surface area contributed by atoms with E-state index < -0.39 is 10.0 Å². The summed E-state index contributed by atoms with van der Waals surface area (Å²) in [5, 5.41) is 5.12. The number of rotatable bonds is 6. The van der Waals surface area contributed by atoms with E-state index in [0.717, 1.165) is 21.9 Å². The zero-order valence-corrected chi connectivity index (χ0v) is 15.2. The first-order valence-electron chi connectivity index (χ1n) is 8.25. The minimum Gasteiger partial charge on any atom is -0.352 e. The van der Waals surface area contributed by atoms with Gasteiger partial charge in [0.1, 0.15) is 0 Å². The van der Waals surface area contributed by atoms with E-state index in [1.807, 2.05) is 42.5 Å². The lowest BCUT2D eigenvalue weighted by Gasteiger charge is -2.08.